The first-order valence-corrected chi connectivity index (χ1v) is 6.17. The van der Waals surface area contributed by atoms with Crippen LogP contribution in [-0.2, 0) is 4.79 Å². The van der Waals surface area contributed by atoms with Gasteiger partial charge in [0, 0.05) is 17.7 Å². The maximum Gasteiger partial charge on any atom is 0.328 e. The van der Waals surface area contributed by atoms with E-state index in [1.807, 2.05) is 0 Å². The van der Waals surface area contributed by atoms with E-state index in [0.29, 0.717) is 5.56 Å². The molecule has 1 N–H and O–H groups in total. The highest BCUT2D eigenvalue weighted by Crippen LogP contribution is 2.32. The number of rotatable bonds is 4. The second-order valence-electron chi connectivity index (χ2n) is 4.00. The summed E-state index contributed by atoms with van der Waals surface area (Å²) in [5.74, 6) is -2.88. The number of ether oxygens (including phenoxy) is 1. The lowest BCUT2D eigenvalue weighted by atomic mass is 10.2. The molecule has 0 atom stereocenters. The lowest BCUT2D eigenvalue weighted by Gasteiger charge is -2.10. The molecule has 0 heterocycles. The van der Waals surface area contributed by atoms with Gasteiger partial charge in [0.1, 0.15) is 11.5 Å². The summed E-state index contributed by atoms with van der Waals surface area (Å²) in [5, 5.41) is 8.92. The number of carboxylic acids is 1. The van der Waals surface area contributed by atoms with Gasteiger partial charge in [0.25, 0.3) is 0 Å². The van der Waals surface area contributed by atoms with Crippen molar-refractivity contribution in [1.82, 2.24) is 0 Å². The first kappa shape index (κ1) is 15.0. The minimum Gasteiger partial charge on any atom is -0.478 e. The van der Waals surface area contributed by atoms with Crippen LogP contribution in [0.4, 0.5) is 8.78 Å². The number of hydrogen-bond donors (Lipinski definition) is 1. The van der Waals surface area contributed by atoms with Gasteiger partial charge < -0.3 is 9.84 Å². The SMILES string of the molecule is O=C(O)/C=C/c1c(Cl)cccc1Oc1ccc(F)c(F)c1. The Hall–Kier alpha value is -2.40. The van der Waals surface area contributed by atoms with Gasteiger partial charge in [-0.2, -0.15) is 0 Å². The Labute approximate surface area is 124 Å². The molecule has 108 valence electrons. The van der Waals surface area contributed by atoms with Crippen LogP contribution in [0.15, 0.2) is 42.5 Å². The molecule has 0 aliphatic rings. The number of carboxylic acid groups (broad SMARTS) is 1. The van der Waals surface area contributed by atoms with Gasteiger partial charge in [0.05, 0.1) is 5.02 Å². The number of hydrogen-bond acceptors (Lipinski definition) is 2. The molecule has 0 bridgehead atoms. The van der Waals surface area contributed by atoms with Crippen LogP contribution in [-0.4, -0.2) is 11.1 Å². The van der Waals surface area contributed by atoms with Crippen molar-refractivity contribution in [2.24, 2.45) is 0 Å². The van der Waals surface area contributed by atoms with Crippen LogP contribution in [0.2, 0.25) is 5.02 Å². The number of benzene rings is 2. The average molecular weight is 311 g/mol. The zero-order valence-electron chi connectivity index (χ0n) is 10.5. The Kier molecular flexibility index (Phi) is 4.55. The van der Waals surface area contributed by atoms with E-state index in [2.05, 4.69) is 0 Å². The van der Waals surface area contributed by atoms with Crippen molar-refractivity contribution >= 4 is 23.6 Å². The number of aliphatic carboxylic acids is 1. The van der Waals surface area contributed by atoms with E-state index in [4.69, 9.17) is 21.4 Å². The summed E-state index contributed by atoms with van der Waals surface area (Å²) in [6, 6.07) is 7.76. The van der Waals surface area contributed by atoms with Gasteiger partial charge in [0.2, 0.25) is 0 Å². The maximum atomic E-state index is 13.1. The third kappa shape index (κ3) is 3.79. The van der Waals surface area contributed by atoms with E-state index >= 15 is 0 Å². The molecule has 2 aromatic carbocycles. The summed E-state index contributed by atoms with van der Waals surface area (Å²) in [6.45, 7) is 0. The van der Waals surface area contributed by atoms with Crippen molar-refractivity contribution in [3.05, 3.63) is 64.7 Å². The molecule has 0 aromatic heterocycles. The van der Waals surface area contributed by atoms with E-state index in [0.717, 1.165) is 18.2 Å². The summed E-state index contributed by atoms with van der Waals surface area (Å²) in [7, 11) is 0. The molecule has 2 rings (SSSR count). The number of halogens is 3. The maximum absolute atomic E-state index is 13.1. The fourth-order valence-electron chi connectivity index (χ4n) is 1.59. The minimum absolute atomic E-state index is 0.0705. The Balaban J connectivity index is 2.37. The van der Waals surface area contributed by atoms with Crippen LogP contribution in [0.25, 0.3) is 6.08 Å². The molecule has 6 heteroatoms. The standard InChI is InChI=1S/C15H9ClF2O3/c16-11-2-1-3-14(10(11)5-7-15(19)20)21-9-4-6-12(17)13(18)8-9/h1-8H,(H,19,20)/b7-5+. The summed E-state index contributed by atoms with van der Waals surface area (Å²) in [6.07, 6.45) is 2.17. The lowest BCUT2D eigenvalue weighted by Crippen LogP contribution is -1.92. The fourth-order valence-corrected chi connectivity index (χ4v) is 1.82. The van der Waals surface area contributed by atoms with Gasteiger partial charge in [-0.25, -0.2) is 13.6 Å². The van der Waals surface area contributed by atoms with Crippen molar-refractivity contribution in [2.45, 2.75) is 0 Å². The van der Waals surface area contributed by atoms with Gasteiger partial charge in [-0.05, 0) is 30.3 Å². The predicted octanol–water partition coefficient (Wildman–Crippen LogP) is 4.51. The van der Waals surface area contributed by atoms with E-state index in [9.17, 15) is 13.6 Å². The van der Waals surface area contributed by atoms with Crippen LogP contribution < -0.4 is 4.74 Å². The zero-order valence-corrected chi connectivity index (χ0v) is 11.3. The normalized spacial score (nSPS) is 10.8. The fraction of sp³-hybridized carbons (Fsp3) is 0. The second kappa shape index (κ2) is 6.37. The van der Waals surface area contributed by atoms with Gasteiger partial charge >= 0.3 is 5.97 Å². The molecule has 2 aromatic rings. The predicted molar refractivity (Wildman–Crippen MR) is 74.6 cm³/mol. The lowest BCUT2D eigenvalue weighted by molar-refractivity contribution is -0.131. The third-order valence-electron chi connectivity index (χ3n) is 2.52. The van der Waals surface area contributed by atoms with E-state index < -0.39 is 17.6 Å². The van der Waals surface area contributed by atoms with Crippen LogP contribution in [0.3, 0.4) is 0 Å². The molecule has 0 unspecified atom stereocenters. The minimum atomic E-state index is -1.14. The molecule has 0 spiro atoms. The van der Waals surface area contributed by atoms with Crippen LogP contribution in [0.1, 0.15) is 5.56 Å². The molecule has 0 radical (unpaired) electrons. The van der Waals surface area contributed by atoms with Crippen LogP contribution in [0.5, 0.6) is 11.5 Å². The van der Waals surface area contributed by atoms with Crippen molar-refractivity contribution in [3.8, 4) is 11.5 Å². The first-order valence-electron chi connectivity index (χ1n) is 5.80. The summed E-state index contributed by atoms with van der Waals surface area (Å²) >= 11 is 5.98. The Morgan fingerprint density at radius 3 is 2.62 bits per heavy atom. The van der Waals surface area contributed by atoms with Gasteiger partial charge in [-0.15, -0.1) is 0 Å². The molecule has 0 saturated carbocycles. The molecule has 0 saturated heterocycles. The topological polar surface area (TPSA) is 46.5 Å². The second-order valence-corrected chi connectivity index (χ2v) is 4.41. The molecule has 0 aliphatic carbocycles. The van der Waals surface area contributed by atoms with Gasteiger partial charge in [0.15, 0.2) is 11.6 Å². The molecule has 3 nitrogen and oxygen atoms in total. The van der Waals surface area contributed by atoms with Crippen molar-refractivity contribution in [3.63, 3.8) is 0 Å². The molecule has 21 heavy (non-hydrogen) atoms. The van der Waals surface area contributed by atoms with Crippen molar-refractivity contribution < 1.29 is 23.4 Å². The highest BCUT2D eigenvalue weighted by atomic mass is 35.5. The molecular formula is C15H9ClF2O3. The number of carbonyl (C=O) groups is 1. The largest absolute Gasteiger partial charge is 0.478 e. The summed E-state index contributed by atoms with van der Waals surface area (Å²) < 4.78 is 31.4. The molecule has 0 fully saturated rings. The molecule has 0 amide bonds. The Morgan fingerprint density at radius 1 is 1.19 bits per heavy atom. The monoisotopic (exact) mass is 310 g/mol. The summed E-state index contributed by atoms with van der Waals surface area (Å²) in [5.41, 5.74) is 0.325. The smallest absolute Gasteiger partial charge is 0.328 e. The Bertz CT molecular complexity index is 714. The van der Waals surface area contributed by atoms with Gasteiger partial charge in [-0.1, -0.05) is 17.7 Å². The average Bonchev–Trinajstić information content (AvgIpc) is 2.42. The molecule has 0 aliphatic heterocycles. The third-order valence-corrected chi connectivity index (χ3v) is 2.85. The zero-order chi connectivity index (χ0) is 15.4. The van der Waals surface area contributed by atoms with E-state index in [1.165, 1.54) is 18.2 Å². The quantitative estimate of drug-likeness (QED) is 0.845. The Morgan fingerprint density at radius 2 is 1.95 bits per heavy atom. The van der Waals surface area contributed by atoms with Crippen molar-refractivity contribution in [2.75, 3.05) is 0 Å². The highest BCUT2D eigenvalue weighted by Gasteiger charge is 2.09. The van der Waals surface area contributed by atoms with Crippen LogP contribution >= 0.6 is 11.6 Å². The van der Waals surface area contributed by atoms with E-state index in [1.54, 1.807) is 12.1 Å². The molecular weight excluding hydrogens is 302 g/mol. The van der Waals surface area contributed by atoms with Gasteiger partial charge in [-0.3, -0.25) is 0 Å². The highest BCUT2D eigenvalue weighted by molar-refractivity contribution is 6.32. The first-order chi connectivity index (χ1) is 9.97. The summed E-state index contributed by atoms with van der Waals surface area (Å²) in [4.78, 5) is 10.6. The van der Waals surface area contributed by atoms with E-state index in [-0.39, 0.29) is 16.5 Å². The van der Waals surface area contributed by atoms with Crippen LogP contribution in [0, 0.1) is 11.6 Å². The van der Waals surface area contributed by atoms with Crippen molar-refractivity contribution in [1.29, 1.82) is 0 Å².